The van der Waals surface area contributed by atoms with E-state index >= 15 is 0 Å². The number of hydrogen-bond donors (Lipinski definition) is 1. The highest BCUT2D eigenvalue weighted by molar-refractivity contribution is 8.13. The fourth-order valence-electron chi connectivity index (χ4n) is 1.62. The van der Waals surface area contributed by atoms with E-state index in [1.807, 2.05) is 13.0 Å². The van der Waals surface area contributed by atoms with Crippen LogP contribution in [0.2, 0.25) is 0 Å². The monoisotopic (exact) mass is 244 g/mol. The first-order chi connectivity index (χ1) is 6.97. The van der Waals surface area contributed by atoms with Crippen molar-refractivity contribution in [1.29, 1.82) is 0 Å². The maximum absolute atomic E-state index is 11.0. The van der Waals surface area contributed by atoms with E-state index in [1.54, 1.807) is 12.1 Å². The van der Waals surface area contributed by atoms with Crippen molar-refractivity contribution in [3.8, 4) is 0 Å². The first kappa shape index (κ1) is 10.4. The lowest BCUT2D eigenvalue weighted by atomic mass is 10.1. The number of H-pyrrole nitrogens is 1. The number of benzene rings is 1. The molecule has 0 saturated heterocycles. The number of nitrogens with one attached hydrogen (secondary N) is 1. The molecule has 0 radical (unpaired) electrons. The predicted molar refractivity (Wildman–Crippen MR) is 59.3 cm³/mol. The largest absolute Gasteiger partial charge is 0.282 e. The van der Waals surface area contributed by atoms with Gasteiger partial charge in [-0.2, -0.15) is 5.10 Å². The summed E-state index contributed by atoms with van der Waals surface area (Å²) >= 11 is 0. The number of hydrogen-bond acceptors (Lipinski definition) is 3. The molecule has 0 bridgehead atoms. The van der Waals surface area contributed by atoms with E-state index in [1.165, 1.54) is 0 Å². The number of aromatic nitrogens is 2. The molecule has 0 aliphatic rings. The van der Waals surface area contributed by atoms with Crippen molar-refractivity contribution in [1.82, 2.24) is 10.2 Å². The standard InChI is InChI=1S/C9H9ClN2O2S/c1-6-9-7(5-15(10,13)14)3-2-4-8(9)12-11-6/h2-4H,5H2,1H3,(H,11,12). The van der Waals surface area contributed by atoms with Gasteiger partial charge in [0.25, 0.3) is 0 Å². The SMILES string of the molecule is Cc1[nH]nc2cccc(CS(=O)(=O)Cl)c12. The second kappa shape index (κ2) is 3.50. The lowest BCUT2D eigenvalue weighted by molar-refractivity contribution is 0.609. The highest BCUT2D eigenvalue weighted by atomic mass is 35.7. The second-order valence-electron chi connectivity index (χ2n) is 3.34. The van der Waals surface area contributed by atoms with Gasteiger partial charge < -0.3 is 0 Å². The molecule has 0 amide bonds. The molecule has 6 heteroatoms. The van der Waals surface area contributed by atoms with Gasteiger partial charge in [-0.3, -0.25) is 5.10 Å². The summed E-state index contributed by atoms with van der Waals surface area (Å²) in [6, 6.07) is 5.33. The molecule has 0 aliphatic carbocycles. The van der Waals surface area contributed by atoms with E-state index < -0.39 is 9.05 Å². The van der Waals surface area contributed by atoms with Crippen LogP contribution in [0.3, 0.4) is 0 Å². The molecule has 15 heavy (non-hydrogen) atoms. The van der Waals surface area contributed by atoms with E-state index in [2.05, 4.69) is 10.2 Å². The molecule has 0 fully saturated rings. The van der Waals surface area contributed by atoms with E-state index in [-0.39, 0.29) is 5.75 Å². The predicted octanol–water partition coefficient (Wildman–Crippen LogP) is 1.94. The molecule has 0 atom stereocenters. The Kier molecular flexibility index (Phi) is 2.44. The molecule has 0 unspecified atom stereocenters. The summed E-state index contributed by atoms with van der Waals surface area (Å²) in [6.07, 6.45) is 0. The molecule has 1 aromatic carbocycles. The van der Waals surface area contributed by atoms with Crippen LogP contribution in [0, 0.1) is 6.92 Å². The van der Waals surface area contributed by atoms with E-state index in [9.17, 15) is 8.42 Å². The summed E-state index contributed by atoms with van der Waals surface area (Å²) < 4.78 is 22.0. The Balaban J connectivity index is 2.65. The van der Waals surface area contributed by atoms with Crippen molar-refractivity contribution < 1.29 is 8.42 Å². The van der Waals surface area contributed by atoms with Gasteiger partial charge in [-0.25, -0.2) is 8.42 Å². The number of rotatable bonds is 2. The number of fused-ring (bicyclic) bond motifs is 1. The number of aromatic amines is 1. The molecule has 0 aliphatic heterocycles. The molecular formula is C9H9ClN2O2S. The Morgan fingerprint density at radius 1 is 1.47 bits per heavy atom. The van der Waals surface area contributed by atoms with Gasteiger partial charge >= 0.3 is 0 Å². The average Bonchev–Trinajstić information content (AvgIpc) is 2.46. The summed E-state index contributed by atoms with van der Waals surface area (Å²) in [5.41, 5.74) is 2.28. The third kappa shape index (κ3) is 2.13. The normalized spacial score (nSPS) is 12.1. The molecule has 4 nitrogen and oxygen atoms in total. The maximum atomic E-state index is 11.0. The fraction of sp³-hybridized carbons (Fsp3) is 0.222. The first-order valence-corrected chi connectivity index (χ1v) is 6.80. The third-order valence-electron chi connectivity index (χ3n) is 2.18. The van der Waals surface area contributed by atoms with E-state index in [4.69, 9.17) is 10.7 Å². The van der Waals surface area contributed by atoms with Gasteiger partial charge in [-0.1, -0.05) is 12.1 Å². The van der Waals surface area contributed by atoms with E-state index in [0.29, 0.717) is 5.56 Å². The summed E-state index contributed by atoms with van der Waals surface area (Å²) in [5.74, 6) is -0.174. The van der Waals surface area contributed by atoms with E-state index in [0.717, 1.165) is 16.6 Å². The highest BCUT2D eigenvalue weighted by Crippen LogP contribution is 2.22. The molecule has 1 heterocycles. The molecule has 2 rings (SSSR count). The van der Waals surface area contributed by atoms with Crippen LogP contribution in [-0.2, 0) is 14.8 Å². The summed E-state index contributed by atoms with van der Waals surface area (Å²) in [6.45, 7) is 1.85. The van der Waals surface area contributed by atoms with Crippen LogP contribution in [0.5, 0.6) is 0 Å². The van der Waals surface area contributed by atoms with Gasteiger partial charge in [0.05, 0.1) is 11.3 Å². The van der Waals surface area contributed by atoms with Crippen LogP contribution in [0.15, 0.2) is 18.2 Å². The van der Waals surface area contributed by atoms with Crippen molar-refractivity contribution in [3.63, 3.8) is 0 Å². The molecule has 0 saturated carbocycles. The van der Waals surface area contributed by atoms with Crippen LogP contribution in [-0.4, -0.2) is 18.6 Å². The van der Waals surface area contributed by atoms with Gasteiger partial charge in [0.1, 0.15) is 0 Å². The van der Waals surface area contributed by atoms with Crippen LogP contribution >= 0.6 is 10.7 Å². The van der Waals surface area contributed by atoms with Crippen molar-refractivity contribution in [2.75, 3.05) is 0 Å². The lowest BCUT2D eigenvalue weighted by Gasteiger charge is -2.00. The smallest absolute Gasteiger partial charge is 0.236 e. The van der Waals surface area contributed by atoms with Crippen molar-refractivity contribution in [3.05, 3.63) is 29.5 Å². The molecular weight excluding hydrogens is 236 g/mol. The Morgan fingerprint density at radius 3 is 2.87 bits per heavy atom. The molecule has 80 valence electrons. The van der Waals surface area contributed by atoms with Crippen LogP contribution in [0.25, 0.3) is 10.9 Å². The maximum Gasteiger partial charge on any atom is 0.236 e. The van der Waals surface area contributed by atoms with Crippen molar-refractivity contribution in [2.24, 2.45) is 0 Å². The molecule has 0 spiro atoms. The molecule has 1 aromatic heterocycles. The van der Waals surface area contributed by atoms with Crippen molar-refractivity contribution >= 4 is 30.6 Å². The van der Waals surface area contributed by atoms with Gasteiger partial charge in [-0.05, 0) is 18.6 Å². The van der Waals surface area contributed by atoms with Crippen LogP contribution in [0.4, 0.5) is 0 Å². The fourth-order valence-corrected chi connectivity index (χ4v) is 2.58. The van der Waals surface area contributed by atoms with Gasteiger partial charge in [0.15, 0.2) is 0 Å². The zero-order valence-corrected chi connectivity index (χ0v) is 9.56. The minimum Gasteiger partial charge on any atom is -0.282 e. The molecule has 1 N–H and O–H groups in total. The Morgan fingerprint density at radius 2 is 2.20 bits per heavy atom. The van der Waals surface area contributed by atoms with Crippen LogP contribution in [0.1, 0.15) is 11.3 Å². The number of nitrogens with zero attached hydrogens (tertiary/aromatic N) is 1. The lowest BCUT2D eigenvalue weighted by Crippen LogP contribution is -1.95. The van der Waals surface area contributed by atoms with Crippen molar-refractivity contribution in [2.45, 2.75) is 12.7 Å². The minimum atomic E-state index is -3.53. The average molecular weight is 245 g/mol. The minimum absolute atomic E-state index is 0.174. The Bertz CT molecular complexity index is 604. The first-order valence-electron chi connectivity index (χ1n) is 4.32. The van der Waals surface area contributed by atoms with Gasteiger partial charge in [0, 0.05) is 21.8 Å². The second-order valence-corrected chi connectivity index (χ2v) is 6.12. The number of halogens is 1. The third-order valence-corrected chi connectivity index (χ3v) is 3.16. The summed E-state index contributed by atoms with van der Waals surface area (Å²) in [4.78, 5) is 0. The quantitative estimate of drug-likeness (QED) is 0.822. The van der Waals surface area contributed by atoms with Gasteiger partial charge in [-0.15, -0.1) is 0 Å². The zero-order chi connectivity index (χ0) is 11.1. The summed E-state index contributed by atoms with van der Waals surface area (Å²) in [5, 5.41) is 7.70. The zero-order valence-electron chi connectivity index (χ0n) is 7.99. The van der Waals surface area contributed by atoms with Crippen LogP contribution < -0.4 is 0 Å². The Hall–Kier alpha value is -1.07. The Labute approximate surface area is 91.7 Å². The molecule has 2 aromatic rings. The number of aryl methyl sites for hydroxylation is 1. The highest BCUT2D eigenvalue weighted by Gasteiger charge is 2.12. The summed E-state index contributed by atoms with van der Waals surface area (Å²) in [7, 11) is 1.70. The topological polar surface area (TPSA) is 62.8 Å². The van der Waals surface area contributed by atoms with Gasteiger partial charge in [0.2, 0.25) is 9.05 Å².